The Morgan fingerprint density at radius 1 is 1.27 bits per heavy atom. The summed E-state index contributed by atoms with van der Waals surface area (Å²) in [5.74, 6) is -0.344. The lowest BCUT2D eigenvalue weighted by atomic mass is 9.93. The van der Waals surface area contributed by atoms with Crippen molar-refractivity contribution in [3.05, 3.63) is 58.7 Å². The van der Waals surface area contributed by atoms with E-state index in [-0.39, 0.29) is 28.7 Å². The van der Waals surface area contributed by atoms with Gasteiger partial charge in [0.25, 0.3) is 0 Å². The summed E-state index contributed by atoms with van der Waals surface area (Å²) >= 11 is 4.73. The zero-order chi connectivity index (χ0) is 21.4. The summed E-state index contributed by atoms with van der Waals surface area (Å²) in [5, 5.41) is 4.39. The smallest absolute Gasteiger partial charge is 0.243 e. The van der Waals surface area contributed by atoms with Gasteiger partial charge in [0, 0.05) is 42.4 Å². The molecular weight excluding hydrogens is 401 g/mol. The SMILES string of the molecule is CC(=O)n1nc(C=C2CN(C(C(=O)C3CC3)c3ccccc3F)CCC2S)cc1C. The third kappa shape index (κ3) is 4.27. The van der Waals surface area contributed by atoms with E-state index in [1.165, 1.54) is 17.7 Å². The molecule has 2 unspecified atom stereocenters. The van der Waals surface area contributed by atoms with Crippen LogP contribution >= 0.6 is 12.6 Å². The van der Waals surface area contributed by atoms with Crippen molar-refractivity contribution in [2.45, 2.75) is 44.4 Å². The number of likely N-dealkylation sites (tertiary alicyclic amines) is 1. The molecule has 0 bridgehead atoms. The number of nitrogens with zero attached hydrogens (tertiary/aromatic N) is 3. The number of rotatable bonds is 5. The van der Waals surface area contributed by atoms with Crippen LogP contribution in [0.5, 0.6) is 0 Å². The molecule has 158 valence electrons. The number of aryl methyl sites for hydroxylation is 1. The summed E-state index contributed by atoms with van der Waals surface area (Å²) in [6, 6.07) is 7.84. The van der Waals surface area contributed by atoms with Gasteiger partial charge in [-0.3, -0.25) is 14.5 Å². The van der Waals surface area contributed by atoms with Crippen molar-refractivity contribution in [3.63, 3.8) is 0 Å². The molecule has 2 aliphatic rings. The normalized spacial score (nSPS) is 22.3. The van der Waals surface area contributed by atoms with Gasteiger partial charge in [-0.25, -0.2) is 9.07 Å². The molecule has 1 aliphatic heterocycles. The molecule has 1 aromatic heterocycles. The monoisotopic (exact) mass is 427 g/mol. The summed E-state index contributed by atoms with van der Waals surface area (Å²) in [5.41, 5.74) is 2.92. The van der Waals surface area contributed by atoms with E-state index in [4.69, 9.17) is 12.6 Å². The Hall–Kier alpha value is -2.25. The number of hydrogen-bond donors (Lipinski definition) is 1. The van der Waals surface area contributed by atoms with Crippen LogP contribution < -0.4 is 0 Å². The summed E-state index contributed by atoms with van der Waals surface area (Å²) in [4.78, 5) is 26.9. The Kier molecular flexibility index (Phi) is 5.93. The lowest BCUT2D eigenvalue weighted by molar-refractivity contribution is -0.126. The van der Waals surface area contributed by atoms with Gasteiger partial charge in [0.1, 0.15) is 5.82 Å². The highest BCUT2D eigenvalue weighted by molar-refractivity contribution is 7.81. The van der Waals surface area contributed by atoms with Crippen LogP contribution in [0, 0.1) is 18.7 Å². The van der Waals surface area contributed by atoms with Crippen LogP contribution in [-0.2, 0) is 4.79 Å². The van der Waals surface area contributed by atoms with E-state index in [2.05, 4.69) is 10.00 Å². The van der Waals surface area contributed by atoms with E-state index in [1.54, 1.807) is 18.2 Å². The molecule has 2 fully saturated rings. The van der Waals surface area contributed by atoms with Gasteiger partial charge in [-0.15, -0.1) is 0 Å². The average molecular weight is 428 g/mol. The lowest BCUT2D eigenvalue weighted by Gasteiger charge is -2.37. The van der Waals surface area contributed by atoms with E-state index in [9.17, 15) is 14.0 Å². The number of carbonyl (C=O) groups excluding carboxylic acids is 2. The van der Waals surface area contributed by atoms with Crippen LogP contribution in [0.15, 0.2) is 35.9 Å². The highest BCUT2D eigenvalue weighted by atomic mass is 32.1. The number of piperidine rings is 1. The van der Waals surface area contributed by atoms with E-state index >= 15 is 0 Å². The Bertz CT molecular complexity index is 1010. The summed E-state index contributed by atoms with van der Waals surface area (Å²) in [7, 11) is 0. The number of thiol groups is 1. The molecule has 7 heteroatoms. The fourth-order valence-electron chi connectivity index (χ4n) is 4.15. The molecular formula is C23H26FN3O2S. The molecule has 0 spiro atoms. The van der Waals surface area contributed by atoms with E-state index < -0.39 is 6.04 Å². The van der Waals surface area contributed by atoms with Gasteiger partial charge in [-0.1, -0.05) is 18.2 Å². The maximum atomic E-state index is 14.6. The molecule has 1 aliphatic carbocycles. The van der Waals surface area contributed by atoms with Crippen LogP contribution in [0.4, 0.5) is 4.39 Å². The zero-order valence-corrected chi connectivity index (χ0v) is 18.1. The first-order valence-corrected chi connectivity index (χ1v) is 10.8. The molecule has 1 saturated heterocycles. The molecule has 0 N–H and O–H groups in total. The van der Waals surface area contributed by atoms with Gasteiger partial charge < -0.3 is 0 Å². The maximum absolute atomic E-state index is 14.6. The quantitative estimate of drug-likeness (QED) is 0.730. The average Bonchev–Trinajstić information content (AvgIpc) is 3.49. The Morgan fingerprint density at radius 2 is 2.00 bits per heavy atom. The van der Waals surface area contributed by atoms with Gasteiger partial charge in [0.05, 0.1) is 11.7 Å². The van der Waals surface area contributed by atoms with Crippen molar-refractivity contribution in [2.75, 3.05) is 13.1 Å². The number of carbonyl (C=O) groups is 2. The molecule has 1 saturated carbocycles. The Balaban J connectivity index is 1.65. The van der Waals surface area contributed by atoms with Crippen LogP contribution in [0.25, 0.3) is 6.08 Å². The molecule has 30 heavy (non-hydrogen) atoms. The van der Waals surface area contributed by atoms with Crippen molar-refractivity contribution in [1.82, 2.24) is 14.7 Å². The Labute approximate surface area is 181 Å². The van der Waals surface area contributed by atoms with Crippen LogP contribution in [0.1, 0.15) is 54.0 Å². The molecule has 0 radical (unpaired) electrons. The third-order valence-electron chi connectivity index (χ3n) is 5.86. The standard InChI is InChI=1S/C23H26FN3O2S/c1-14-11-18(25-27(14)15(2)28)12-17-13-26(10-9-21(17)30)22(23(29)16-7-8-16)19-5-3-4-6-20(19)24/h3-6,11-12,16,21-22,30H,7-10,13H2,1-2H3. The fourth-order valence-corrected chi connectivity index (χ4v) is 4.42. The summed E-state index contributed by atoms with van der Waals surface area (Å²) in [6.45, 7) is 4.49. The van der Waals surface area contributed by atoms with Crippen molar-refractivity contribution >= 4 is 30.4 Å². The molecule has 1 aromatic carbocycles. The number of ketones is 1. The molecule has 2 atom stereocenters. The van der Waals surface area contributed by atoms with Gasteiger partial charge in [-0.2, -0.15) is 17.7 Å². The van der Waals surface area contributed by atoms with Crippen LogP contribution in [-0.4, -0.2) is 44.7 Å². The number of hydrogen-bond acceptors (Lipinski definition) is 5. The molecule has 5 nitrogen and oxygen atoms in total. The Morgan fingerprint density at radius 3 is 2.63 bits per heavy atom. The van der Waals surface area contributed by atoms with Crippen molar-refractivity contribution in [1.29, 1.82) is 0 Å². The molecule has 4 rings (SSSR count). The first-order valence-electron chi connectivity index (χ1n) is 10.3. The van der Waals surface area contributed by atoms with Crippen LogP contribution in [0.3, 0.4) is 0 Å². The lowest BCUT2D eigenvalue weighted by Crippen LogP contribution is -2.42. The van der Waals surface area contributed by atoms with Crippen molar-refractivity contribution < 1.29 is 14.0 Å². The van der Waals surface area contributed by atoms with Gasteiger partial charge >= 0.3 is 0 Å². The highest BCUT2D eigenvalue weighted by Crippen LogP contribution is 2.39. The fraction of sp³-hybridized carbons (Fsp3) is 0.435. The van der Waals surface area contributed by atoms with E-state index in [0.717, 1.165) is 30.5 Å². The molecule has 0 amide bonds. The molecule has 2 heterocycles. The third-order valence-corrected chi connectivity index (χ3v) is 6.45. The van der Waals surface area contributed by atoms with Crippen molar-refractivity contribution in [3.8, 4) is 0 Å². The minimum atomic E-state index is -0.584. The number of benzene rings is 1. The van der Waals surface area contributed by atoms with Gasteiger partial charge in [0.2, 0.25) is 5.91 Å². The minimum absolute atomic E-state index is 0.0290. The second-order valence-electron chi connectivity index (χ2n) is 8.24. The van der Waals surface area contributed by atoms with Gasteiger partial charge in [-0.05, 0) is 50.0 Å². The summed E-state index contributed by atoms with van der Waals surface area (Å²) in [6.07, 6.45) is 4.47. The molecule has 2 aromatic rings. The van der Waals surface area contributed by atoms with E-state index in [1.807, 2.05) is 19.1 Å². The highest BCUT2D eigenvalue weighted by Gasteiger charge is 2.40. The number of Topliss-reactive ketones (excluding diaryl/α,β-unsaturated/α-hetero) is 1. The largest absolute Gasteiger partial charge is 0.297 e. The summed E-state index contributed by atoms with van der Waals surface area (Å²) < 4.78 is 16.0. The van der Waals surface area contributed by atoms with Crippen molar-refractivity contribution in [2.24, 2.45) is 5.92 Å². The second kappa shape index (κ2) is 8.47. The zero-order valence-electron chi connectivity index (χ0n) is 17.2. The topological polar surface area (TPSA) is 55.2 Å². The van der Waals surface area contributed by atoms with Gasteiger partial charge in [0.15, 0.2) is 5.78 Å². The van der Waals surface area contributed by atoms with E-state index in [0.29, 0.717) is 24.3 Å². The predicted molar refractivity (Wildman–Crippen MR) is 117 cm³/mol. The number of halogens is 1. The number of aromatic nitrogens is 2. The first kappa shape index (κ1) is 21.0. The maximum Gasteiger partial charge on any atom is 0.243 e. The minimum Gasteiger partial charge on any atom is -0.297 e. The first-order chi connectivity index (χ1) is 14.3. The van der Waals surface area contributed by atoms with Crippen LogP contribution in [0.2, 0.25) is 0 Å². The second-order valence-corrected chi connectivity index (χ2v) is 8.86. The predicted octanol–water partition coefficient (Wildman–Crippen LogP) is 4.10.